The second kappa shape index (κ2) is 38.4. The number of thiazole rings is 1. The molecule has 4 rings (SSSR count). The maximum absolute atomic E-state index is 14.8. The Balaban J connectivity index is 1.34. The van der Waals surface area contributed by atoms with E-state index in [1.807, 2.05) is 39.6 Å². The van der Waals surface area contributed by atoms with Crippen molar-refractivity contribution in [2.75, 3.05) is 65.8 Å². The zero-order chi connectivity index (χ0) is 67.5. The van der Waals surface area contributed by atoms with E-state index in [-0.39, 0.29) is 98.6 Å². The lowest BCUT2D eigenvalue weighted by molar-refractivity contribution is -0.143. The molecule has 9 amide bonds. The first-order chi connectivity index (χ1) is 43.2. The molecular formula is C65H102N12O13S. The number of amides is 9. The van der Waals surface area contributed by atoms with Crippen molar-refractivity contribution in [2.24, 2.45) is 35.1 Å². The van der Waals surface area contributed by atoms with Crippen LogP contribution < -0.4 is 42.8 Å². The fraction of sp³-hybridized carbons (Fsp3) is 0.631. The number of urea groups is 1. The van der Waals surface area contributed by atoms with Gasteiger partial charge in [0.2, 0.25) is 23.6 Å². The zero-order valence-electron chi connectivity index (χ0n) is 55.4. The van der Waals surface area contributed by atoms with E-state index in [1.54, 1.807) is 74.7 Å². The third-order valence-corrected chi connectivity index (χ3v) is 17.3. The van der Waals surface area contributed by atoms with E-state index in [4.69, 9.17) is 30.7 Å². The Morgan fingerprint density at radius 2 is 1.46 bits per heavy atom. The normalized spacial score (nSPS) is 16.0. The number of carbonyl (C=O) groups excluding carboxylic acids is 8. The number of likely N-dealkylation sites (tertiary alicyclic amines) is 1. The Hall–Kier alpha value is -7.42. The first-order valence-electron chi connectivity index (χ1n) is 32.0. The molecule has 9 atom stereocenters. The molecule has 91 heavy (non-hydrogen) atoms. The third-order valence-electron chi connectivity index (χ3n) is 16.4. The molecule has 1 aliphatic rings. The molecule has 10 N–H and O–H groups in total. The smallest absolute Gasteiger partial charge is 0.415 e. The third kappa shape index (κ3) is 25.0. The number of aromatic nitrogens is 1. The SMILES string of the molecule is CCCOC(CC(C(C)C)N(CCC)C(=O)C(NC(=O)C1CCCCN1C)C(C)CC)c1nc(C(=O)NC(Cc2ccc(OC(=O)N(C)CCN(C)C(=O)OCc3ccc(NC(=O)C(CCCNC(N)=O)NC(=O)C(N)C(C)C)cc3)cc2)CC(C)C(=O)O)cs1. The highest BCUT2D eigenvalue weighted by Crippen LogP contribution is 2.32. The lowest BCUT2D eigenvalue weighted by atomic mass is 9.92. The number of primary amides is 1. The first-order valence-corrected chi connectivity index (χ1v) is 32.9. The van der Waals surface area contributed by atoms with E-state index in [0.29, 0.717) is 55.1 Å². The summed E-state index contributed by atoms with van der Waals surface area (Å²) >= 11 is 1.28. The molecule has 1 aliphatic heterocycles. The molecule has 0 bridgehead atoms. The van der Waals surface area contributed by atoms with E-state index in [1.165, 1.54) is 35.2 Å². The first kappa shape index (κ1) is 76.0. The van der Waals surface area contributed by atoms with Gasteiger partial charge in [0.25, 0.3) is 5.91 Å². The number of carboxylic acids is 1. The number of ether oxygens (including phenoxy) is 3. The van der Waals surface area contributed by atoms with Crippen molar-refractivity contribution in [3.63, 3.8) is 0 Å². The molecule has 25 nitrogen and oxygen atoms in total. The Morgan fingerprint density at radius 3 is 2.05 bits per heavy atom. The topological polar surface area (TPSA) is 340 Å². The summed E-state index contributed by atoms with van der Waals surface area (Å²) in [5, 5.41) is 26.3. The summed E-state index contributed by atoms with van der Waals surface area (Å²) in [6.45, 7) is 19.4. The highest BCUT2D eigenvalue weighted by atomic mass is 32.1. The van der Waals surface area contributed by atoms with Gasteiger partial charge in [-0.3, -0.25) is 33.7 Å². The molecular weight excluding hydrogens is 1190 g/mol. The van der Waals surface area contributed by atoms with Crippen LogP contribution in [0.4, 0.5) is 20.1 Å². The summed E-state index contributed by atoms with van der Waals surface area (Å²) in [5.74, 6) is -3.59. The molecule has 0 radical (unpaired) electrons. The van der Waals surface area contributed by atoms with Crippen LogP contribution in [0.25, 0.3) is 0 Å². The summed E-state index contributed by atoms with van der Waals surface area (Å²) in [5.41, 5.74) is 13.1. The van der Waals surface area contributed by atoms with Gasteiger partial charge >= 0.3 is 24.2 Å². The average molecular weight is 1290 g/mol. The molecule has 506 valence electrons. The lowest BCUT2D eigenvalue weighted by Crippen LogP contribution is -2.58. The van der Waals surface area contributed by atoms with Crippen LogP contribution in [0.5, 0.6) is 5.75 Å². The monoisotopic (exact) mass is 1290 g/mol. The van der Waals surface area contributed by atoms with Gasteiger partial charge in [-0.2, -0.15) is 0 Å². The summed E-state index contributed by atoms with van der Waals surface area (Å²) in [7, 11) is 5.00. The van der Waals surface area contributed by atoms with Gasteiger partial charge < -0.3 is 72.1 Å². The largest absolute Gasteiger partial charge is 0.481 e. The van der Waals surface area contributed by atoms with E-state index < -0.39 is 78.1 Å². The van der Waals surface area contributed by atoms with E-state index >= 15 is 0 Å². The molecule has 26 heteroatoms. The molecule has 2 aromatic carbocycles. The fourth-order valence-corrected chi connectivity index (χ4v) is 11.2. The van der Waals surface area contributed by atoms with E-state index in [2.05, 4.69) is 45.3 Å². The van der Waals surface area contributed by atoms with Gasteiger partial charge in [0.15, 0.2) is 0 Å². The molecule has 0 saturated carbocycles. The van der Waals surface area contributed by atoms with Gasteiger partial charge in [0, 0.05) is 76.5 Å². The highest BCUT2D eigenvalue weighted by molar-refractivity contribution is 7.09. The zero-order valence-corrected chi connectivity index (χ0v) is 56.2. The number of hydrogen-bond donors (Lipinski definition) is 8. The number of piperidine rings is 1. The second-order valence-corrected chi connectivity index (χ2v) is 25.5. The van der Waals surface area contributed by atoms with Crippen LogP contribution in [0.2, 0.25) is 0 Å². The van der Waals surface area contributed by atoms with Gasteiger partial charge in [-0.05, 0) is 118 Å². The molecule has 2 heterocycles. The van der Waals surface area contributed by atoms with Gasteiger partial charge in [-0.25, -0.2) is 19.4 Å². The van der Waals surface area contributed by atoms with Crippen LogP contribution in [0.1, 0.15) is 159 Å². The Morgan fingerprint density at radius 1 is 0.802 bits per heavy atom. The van der Waals surface area contributed by atoms with Crippen LogP contribution in [-0.2, 0) is 46.5 Å². The highest BCUT2D eigenvalue weighted by Gasteiger charge is 2.39. The Labute approximate surface area is 541 Å². The number of hydrogen-bond acceptors (Lipinski definition) is 16. The summed E-state index contributed by atoms with van der Waals surface area (Å²) < 4.78 is 17.6. The fourth-order valence-electron chi connectivity index (χ4n) is 10.4. The summed E-state index contributed by atoms with van der Waals surface area (Å²) in [4.78, 5) is 129. The molecule has 9 unspecified atom stereocenters. The number of nitrogens with one attached hydrogen (secondary N) is 5. The van der Waals surface area contributed by atoms with Crippen molar-refractivity contribution in [3.8, 4) is 5.75 Å². The summed E-state index contributed by atoms with van der Waals surface area (Å²) in [6.07, 6.45) is 4.26. The lowest BCUT2D eigenvalue weighted by Gasteiger charge is -2.40. The van der Waals surface area contributed by atoms with Crippen LogP contribution >= 0.6 is 11.3 Å². The molecule has 1 fully saturated rings. The Kier molecular flexibility index (Phi) is 32.1. The molecule has 1 aromatic heterocycles. The minimum absolute atomic E-state index is 0.00132. The van der Waals surface area contributed by atoms with Crippen LogP contribution in [-0.4, -0.2) is 180 Å². The maximum Gasteiger partial charge on any atom is 0.415 e. The molecule has 1 saturated heterocycles. The van der Waals surface area contributed by atoms with Crippen LogP contribution in [0, 0.1) is 23.7 Å². The summed E-state index contributed by atoms with van der Waals surface area (Å²) in [6, 6.07) is 8.80. The number of rotatable bonds is 37. The van der Waals surface area contributed by atoms with Gasteiger partial charge in [0.05, 0.1) is 18.0 Å². The van der Waals surface area contributed by atoms with Crippen LogP contribution in [0.3, 0.4) is 0 Å². The predicted molar refractivity (Wildman–Crippen MR) is 349 cm³/mol. The maximum atomic E-state index is 14.8. The van der Waals surface area contributed by atoms with Crippen molar-refractivity contribution >= 4 is 70.7 Å². The van der Waals surface area contributed by atoms with E-state index in [0.717, 1.165) is 37.8 Å². The van der Waals surface area contributed by atoms with Crippen LogP contribution in [0.15, 0.2) is 53.9 Å². The quantitative estimate of drug-likeness (QED) is 0.0263. The van der Waals surface area contributed by atoms with Crippen molar-refractivity contribution in [1.29, 1.82) is 0 Å². The van der Waals surface area contributed by atoms with Crippen molar-refractivity contribution < 1.29 is 62.5 Å². The average Bonchev–Trinajstić information content (AvgIpc) is 2.54. The minimum atomic E-state index is -1.02. The molecule has 0 spiro atoms. The minimum Gasteiger partial charge on any atom is -0.481 e. The van der Waals surface area contributed by atoms with Crippen molar-refractivity contribution in [3.05, 3.63) is 75.7 Å². The standard InChI is InChI=1S/C65H102N12O13S/c1-13-30-77(61(82)55(42(8)15-3)73-58(80)51-20-16-17-31-74(51)10)52(40(4)5)37-53(88-34-14-2)60-72-50(39-91-60)57(79)70-47(35-43(9)62(83)84)36-44-23-27-48(28-24-44)90-65(87)76(12)33-32-75(11)64(86)89-38-45-21-25-46(26-22-45)69-56(78)49(19-18-29-68-63(67)85)71-59(81)54(66)41(6)7/h21-28,39-43,47,49,51-55H,13-20,29-38,66H2,1-12H3,(H,69,78)(H,70,79)(H,71,81)(H,73,80)(H,83,84)(H3,67,68,85). The van der Waals surface area contributed by atoms with Gasteiger partial charge in [-0.1, -0.05) is 99.4 Å². The van der Waals surface area contributed by atoms with Crippen molar-refractivity contribution in [2.45, 2.75) is 182 Å². The number of likely N-dealkylation sites (N-methyl/N-ethyl adjacent to an activating group) is 3. The second-order valence-electron chi connectivity index (χ2n) is 24.6. The van der Waals surface area contributed by atoms with Gasteiger partial charge in [-0.15, -0.1) is 11.3 Å². The molecule has 3 aromatic rings. The van der Waals surface area contributed by atoms with Gasteiger partial charge in [0.1, 0.15) is 41.2 Å². The number of carbonyl (C=O) groups is 9. The number of nitrogens with zero attached hydrogens (tertiary/aromatic N) is 5. The number of benzene rings is 2. The number of carboxylic acid groups (broad SMARTS) is 1. The number of aliphatic carboxylic acids is 1. The Bertz CT molecular complexity index is 2820. The van der Waals surface area contributed by atoms with Crippen molar-refractivity contribution in [1.82, 2.24) is 45.9 Å². The number of nitrogens with two attached hydrogens (primary N) is 2. The van der Waals surface area contributed by atoms with E-state index in [9.17, 15) is 48.3 Å². The molecule has 0 aliphatic carbocycles. The predicted octanol–water partition coefficient (Wildman–Crippen LogP) is 7.29. The number of anilines is 1.